The van der Waals surface area contributed by atoms with Crippen molar-refractivity contribution in [3.63, 3.8) is 0 Å². The number of aliphatic hydroxyl groups excluding tert-OH is 2. The van der Waals surface area contributed by atoms with E-state index in [2.05, 4.69) is 13.6 Å². The highest BCUT2D eigenvalue weighted by atomic mass is 31.3. The molecule has 6 atom stereocenters. The van der Waals surface area contributed by atoms with Crippen LogP contribution in [0.5, 0.6) is 0 Å². The summed E-state index contributed by atoms with van der Waals surface area (Å²) in [4.78, 5) is 40.8. The SMILES string of the molecule is Nc1nc(=O)n([C@@H]2O[C@H](COPOP(=O)(O)OP(=O)(O)O)C(O)C2O)cc1C(F)(F)F. The maximum atomic E-state index is 13.0. The lowest BCUT2D eigenvalue weighted by Gasteiger charge is -2.19. The second kappa shape index (κ2) is 9.47. The highest BCUT2D eigenvalue weighted by Crippen LogP contribution is 2.60. The van der Waals surface area contributed by atoms with Gasteiger partial charge in [-0.2, -0.15) is 22.5 Å². The molecule has 2 rings (SSSR count). The molecule has 0 radical (unpaired) electrons. The van der Waals surface area contributed by atoms with Gasteiger partial charge < -0.3 is 39.9 Å². The molecule has 31 heavy (non-hydrogen) atoms. The Balaban J connectivity index is 2.05. The minimum Gasteiger partial charge on any atom is -0.387 e. The van der Waals surface area contributed by atoms with Crippen molar-refractivity contribution in [2.24, 2.45) is 0 Å². The van der Waals surface area contributed by atoms with Crippen LogP contribution in [0.25, 0.3) is 0 Å². The quantitative estimate of drug-likeness (QED) is 0.183. The Morgan fingerprint density at radius 3 is 2.42 bits per heavy atom. The zero-order chi connectivity index (χ0) is 23.8. The van der Waals surface area contributed by atoms with Crippen LogP contribution in [0.3, 0.4) is 0 Å². The molecule has 21 heteroatoms. The van der Waals surface area contributed by atoms with Gasteiger partial charge in [0.05, 0.1) is 6.61 Å². The third kappa shape index (κ3) is 6.99. The number of nitrogen functional groups attached to an aromatic ring is 1. The van der Waals surface area contributed by atoms with E-state index in [1.165, 1.54) is 0 Å². The first kappa shape index (κ1) is 26.3. The topological polar surface area (TPSA) is 233 Å². The van der Waals surface area contributed by atoms with E-state index in [1.807, 2.05) is 0 Å². The molecule has 1 aromatic rings. The molecule has 0 amide bonds. The zero-order valence-electron chi connectivity index (χ0n) is 14.7. The smallest absolute Gasteiger partial charge is 0.387 e. The van der Waals surface area contributed by atoms with Gasteiger partial charge in [0.2, 0.25) is 0 Å². The molecule has 4 unspecified atom stereocenters. The van der Waals surface area contributed by atoms with Crippen molar-refractivity contribution in [3.05, 3.63) is 22.2 Å². The van der Waals surface area contributed by atoms with Crippen LogP contribution in [0, 0.1) is 0 Å². The normalized spacial score (nSPS) is 27.1. The van der Waals surface area contributed by atoms with Crippen LogP contribution in [-0.2, 0) is 33.2 Å². The number of aliphatic hydroxyl groups is 2. The standard InChI is InChI=1S/C10H15F3N3O12P3/c11-10(12,13)3-1-16(9(19)15-7(3)14)8-6(18)5(17)4(26-8)2-25-29-27-31(23,24)28-30(20,21)22/h1,4-6,8,17-18,29H,2H2,(H,23,24)(H2,14,15,19)(H2,20,21,22)/t4-,5?,6?,8-/m1/s1. The number of anilines is 1. The van der Waals surface area contributed by atoms with Crippen LogP contribution in [0.1, 0.15) is 11.8 Å². The second-order valence-electron chi connectivity index (χ2n) is 5.80. The van der Waals surface area contributed by atoms with Crippen molar-refractivity contribution in [1.29, 1.82) is 0 Å². The van der Waals surface area contributed by atoms with Gasteiger partial charge in [0, 0.05) is 6.20 Å². The van der Waals surface area contributed by atoms with Gasteiger partial charge in [-0.05, 0) is 0 Å². The monoisotopic (exact) mass is 519 g/mol. The summed E-state index contributed by atoms with van der Waals surface area (Å²) in [5.41, 5.74) is 2.28. The van der Waals surface area contributed by atoms with Crippen molar-refractivity contribution in [2.45, 2.75) is 30.7 Å². The van der Waals surface area contributed by atoms with Crippen molar-refractivity contribution < 1.29 is 65.1 Å². The number of hydrogen-bond donors (Lipinski definition) is 6. The summed E-state index contributed by atoms with van der Waals surface area (Å²) in [5.74, 6) is -1.11. The molecule has 0 aliphatic carbocycles. The molecule has 178 valence electrons. The Bertz CT molecular complexity index is 954. The molecular weight excluding hydrogens is 504 g/mol. The van der Waals surface area contributed by atoms with Gasteiger partial charge in [-0.15, -0.1) is 0 Å². The molecule has 0 saturated carbocycles. The summed E-state index contributed by atoms with van der Waals surface area (Å²) >= 11 is 0. The highest BCUT2D eigenvalue weighted by molar-refractivity contribution is 7.63. The van der Waals surface area contributed by atoms with Crippen LogP contribution in [-0.4, -0.2) is 59.4 Å². The first-order valence-corrected chi connectivity index (χ1v) is 11.5. The van der Waals surface area contributed by atoms with Crippen LogP contribution in [0.15, 0.2) is 11.0 Å². The number of alkyl halides is 3. The molecule has 0 aromatic carbocycles. The minimum atomic E-state index is -5.36. The number of hydrogen-bond acceptors (Lipinski definition) is 11. The van der Waals surface area contributed by atoms with Crippen LogP contribution in [0.2, 0.25) is 0 Å². The van der Waals surface area contributed by atoms with Crippen molar-refractivity contribution >= 4 is 30.5 Å². The fourth-order valence-corrected chi connectivity index (χ4v) is 4.65. The number of halogens is 3. The molecular formula is C10H15F3N3O12P3. The van der Waals surface area contributed by atoms with E-state index >= 15 is 0 Å². The van der Waals surface area contributed by atoms with E-state index in [0.29, 0.717) is 0 Å². The molecule has 1 aliphatic rings. The number of nitrogens with two attached hydrogens (primary N) is 1. The van der Waals surface area contributed by atoms with Gasteiger partial charge >= 0.3 is 27.5 Å². The van der Waals surface area contributed by atoms with Gasteiger partial charge in [-0.3, -0.25) is 4.57 Å². The van der Waals surface area contributed by atoms with Crippen LogP contribution >= 0.6 is 24.7 Å². The second-order valence-corrected chi connectivity index (χ2v) is 9.56. The predicted octanol–water partition coefficient (Wildman–Crippen LogP) is -0.785. The van der Waals surface area contributed by atoms with E-state index in [0.717, 1.165) is 0 Å². The van der Waals surface area contributed by atoms with E-state index in [4.69, 9.17) is 29.7 Å². The summed E-state index contributed by atoms with van der Waals surface area (Å²) in [6.07, 6.45) is -11.7. The summed E-state index contributed by atoms with van der Waals surface area (Å²) in [7, 11) is -11.9. The van der Waals surface area contributed by atoms with E-state index in [-0.39, 0.29) is 10.8 Å². The molecule has 1 aromatic heterocycles. The number of aromatic nitrogens is 2. The van der Waals surface area contributed by atoms with E-state index < -0.39 is 79.1 Å². The lowest BCUT2D eigenvalue weighted by Crippen LogP contribution is -2.37. The zero-order valence-corrected chi connectivity index (χ0v) is 17.5. The molecule has 7 N–H and O–H groups in total. The molecule has 1 saturated heterocycles. The maximum absolute atomic E-state index is 13.0. The van der Waals surface area contributed by atoms with Gasteiger partial charge in [0.15, 0.2) is 15.3 Å². The molecule has 1 aliphatic heterocycles. The Morgan fingerprint density at radius 2 is 1.87 bits per heavy atom. The van der Waals surface area contributed by atoms with Crippen molar-refractivity contribution in [3.8, 4) is 0 Å². The number of ether oxygens (including phenoxy) is 1. The molecule has 0 spiro atoms. The fourth-order valence-electron chi connectivity index (χ4n) is 2.32. The Hall–Kier alpha value is -1.00. The largest absolute Gasteiger partial charge is 0.486 e. The predicted molar refractivity (Wildman–Crippen MR) is 92.1 cm³/mol. The maximum Gasteiger partial charge on any atom is 0.486 e. The van der Waals surface area contributed by atoms with Gasteiger partial charge in [0.1, 0.15) is 29.7 Å². The first-order valence-electron chi connectivity index (χ1n) is 7.64. The summed E-state index contributed by atoms with van der Waals surface area (Å²) in [6, 6.07) is 0. The summed E-state index contributed by atoms with van der Waals surface area (Å²) in [5, 5.41) is 20.0. The first-order chi connectivity index (χ1) is 14.0. The third-order valence-electron chi connectivity index (χ3n) is 3.57. The van der Waals surface area contributed by atoms with Crippen molar-refractivity contribution in [1.82, 2.24) is 9.55 Å². The van der Waals surface area contributed by atoms with Crippen molar-refractivity contribution in [2.75, 3.05) is 12.3 Å². The third-order valence-corrected chi connectivity index (χ3v) is 6.75. The number of rotatable bonds is 8. The lowest BCUT2D eigenvalue weighted by molar-refractivity contribution is -0.138. The van der Waals surface area contributed by atoms with Crippen LogP contribution < -0.4 is 11.4 Å². The number of nitrogens with zero attached hydrogens (tertiary/aromatic N) is 2. The molecule has 0 bridgehead atoms. The average molecular weight is 519 g/mol. The minimum absolute atomic E-state index is 0.251. The van der Waals surface area contributed by atoms with Crippen LogP contribution in [0.4, 0.5) is 19.0 Å². The Labute approximate surface area is 171 Å². The van der Waals surface area contributed by atoms with E-state index in [1.54, 1.807) is 0 Å². The molecule has 2 heterocycles. The fraction of sp³-hybridized carbons (Fsp3) is 0.600. The van der Waals surface area contributed by atoms with Gasteiger partial charge in [-0.1, -0.05) is 0 Å². The van der Waals surface area contributed by atoms with Gasteiger partial charge in [-0.25, -0.2) is 18.2 Å². The summed E-state index contributed by atoms with van der Waals surface area (Å²) < 4.78 is 78.4. The highest BCUT2D eigenvalue weighted by Gasteiger charge is 2.45. The average Bonchev–Trinajstić information content (AvgIpc) is 2.84. The Morgan fingerprint density at radius 1 is 1.26 bits per heavy atom. The van der Waals surface area contributed by atoms with Gasteiger partial charge in [0.25, 0.3) is 0 Å². The number of phosphoric acid groups is 2. The molecule has 15 nitrogen and oxygen atoms in total. The summed E-state index contributed by atoms with van der Waals surface area (Å²) in [6.45, 7) is -0.688. The Kier molecular flexibility index (Phi) is 8.02. The van der Waals surface area contributed by atoms with E-state index in [9.17, 15) is 37.3 Å². The molecule has 1 fully saturated rings. The lowest BCUT2D eigenvalue weighted by atomic mass is 10.1.